The Morgan fingerprint density at radius 3 is 2.20 bits per heavy atom. The van der Waals surface area contributed by atoms with Gasteiger partial charge in [0.2, 0.25) is 10.0 Å². The second-order valence-electron chi connectivity index (χ2n) is 7.28. The molecule has 4 aromatic carbocycles. The number of fused-ring (bicyclic) bond motifs is 1. The highest BCUT2D eigenvalue weighted by Gasteiger charge is 2.14. The lowest BCUT2D eigenvalue weighted by atomic mass is 10.0. The molecule has 4 rings (SSSR count). The second-order valence-corrected chi connectivity index (χ2v) is 9.05. The molecule has 0 unspecified atom stereocenters. The zero-order chi connectivity index (χ0) is 21.0. The van der Waals surface area contributed by atoms with Crippen molar-refractivity contribution >= 4 is 32.4 Å². The van der Waals surface area contributed by atoms with E-state index in [2.05, 4.69) is 35.1 Å². The fourth-order valence-electron chi connectivity index (χ4n) is 3.36. The van der Waals surface area contributed by atoms with Crippen molar-refractivity contribution < 1.29 is 8.42 Å². The van der Waals surface area contributed by atoms with Gasteiger partial charge >= 0.3 is 0 Å². The second kappa shape index (κ2) is 8.66. The van der Waals surface area contributed by atoms with Crippen molar-refractivity contribution in [2.75, 3.05) is 6.54 Å². The molecule has 0 heterocycles. The zero-order valence-corrected chi connectivity index (χ0v) is 17.6. The van der Waals surface area contributed by atoms with Crippen LogP contribution in [0.4, 0.5) is 0 Å². The molecule has 0 bridgehead atoms. The molecule has 0 aliphatic carbocycles. The zero-order valence-electron chi connectivity index (χ0n) is 16.7. The summed E-state index contributed by atoms with van der Waals surface area (Å²) in [6.45, 7) is 2.14. The molecular weight excluding hydrogens is 390 g/mol. The van der Waals surface area contributed by atoms with Crippen LogP contribution in [0.5, 0.6) is 0 Å². The van der Waals surface area contributed by atoms with Crippen molar-refractivity contribution in [3.8, 4) is 0 Å². The average molecular weight is 414 g/mol. The van der Waals surface area contributed by atoms with Gasteiger partial charge in [0, 0.05) is 6.54 Å². The van der Waals surface area contributed by atoms with Gasteiger partial charge in [-0.15, -0.1) is 0 Å². The molecule has 0 aliphatic rings. The third-order valence-corrected chi connectivity index (χ3v) is 6.46. The lowest BCUT2D eigenvalue weighted by Gasteiger charge is -2.12. The van der Waals surface area contributed by atoms with Crippen LogP contribution in [0.2, 0.25) is 0 Å². The van der Waals surface area contributed by atoms with Crippen molar-refractivity contribution in [3.63, 3.8) is 0 Å². The molecule has 0 atom stereocenters. The summed E-state index contributed by atoms with van der Waals surface area (Å²) in [6, 6.07) is 31.2. The summed E-state index contributed by atoms with van der Waals surface area (Å²) in [7, 11) is -3.60. The summed E-state index contributed by atoms with van der Waals surface area (Å²) in [4.78, 5) is 0.270. The molecule has 4 heteroatoms. The molecule has 0 saturated carbocycles. The van der Waals surface area contributed by atoms with Crippen molar-refractivity contribution in [2.24, 2.45) is 0 Å². The minimum Gasteiger partial charge on any atom is -0.207 e. The van der Waals surface area contributed by atoms with Crippen molar-refractivity contribution in [1.29, 1.82) is 0 Å². The van der Waals surface area contributed by atoms with E-state index in [0.717, 1.165) is 27.6 Å². The van der Waals surface area contributed by atoms with Gasteiger partial charge in [-0.25, -0.2) is 13.1 Å². The Labute approximate surface area is 177 Å². The molecule has 0 aliphatic heterocycles. The summed E-state index contributed by atoms with van der Waals surface area (Å²) in [5, 5.41) is 2.33. The van der Waals surface area contributed by atoms with Gasteiger partial charge in [0.15, 0.2) is 0 Å². The first-order valence-electron chi connectivity index (χ1n) is 9.82. The highest BCUT2D eigenvalue weighted by atomic mass is 32.2. The Morgan fingerprint density at radius 2 is 1.47 bits per heavy atom. The van der Waals surface area contributed by atoms with E-state index in [1.807, 2.05) is 55.5 Å². The van der Waals surface area contributed by atoms with E-state index in [4.69, 9.17) is 0 Å². The summed E-state index contributed by atoms with van der Waals surface area (Å²) < 4.78 is 28.3. The third kappa shape index (κ3) is 4.67. The molecule has 1 N–H and O–H groups in total. The first kappa shape index (κ1) is 20.1. The van der Waals surface area contributed by atoms with Crippen molar-refractivity contribution in [1.82, 2.24) is 4.72 Å². The molecule has 0 amide bonds. The van der Waals surface area contributed by atoms with Gasteiger partial charge in [-0.1, -0.05) is 84.4 Å². The van der Waals surface area contributed by atoms with Crippen LogP contribution in [0.15, 0.2) is 102 Å². The fourth-order valence-corrected chi connectivity index (χ4v) is 4.37. The van der Waals surface area contributed by atoms with E-state index in [1.165, 1.54) is 5.39 Å². The number of sulfonamides is 1. The maximum atomic E-state index is 12.8. The molecule has 0 saturated heterocycles. The lowest BCUT2D eigenvalue weighted by molar-refractivity contribution is 0.586. The van der Waals surface area contributed by atoms with E-state index < -0.39 is 10.0 Å². The Morgan fingerprint density at radius 1 is 0.800 bits per heavy atom. The van der Waals surface area contributed by atoms with E-state index in [0.29, 0.717) is 0 Å². The summed E-state index contributed by atoms with van der Waals surface area (Å²) in [6.07, 6.45) is 2.04. The highest BCUT2D eigenvalue weighted by molar-refractivity contribution is 7.89. The number of benzene rings is 4. The first-order chi connectivity index (χ1) is 14.5. The Balaban J connectivity index is 1.66. The summed E-state index contributed by atoms with van der Waals surface area (Å²) >= 11 is 0. The largest absolute Gasteiger partial charge is 0.240 e. The van der Waals surface area contributed by atoms with E-state index >= 15 is 0 Å². The van der Waals surface area contributed by atoms with Crippen LogP contribution < -0.4 is 4.72 Å². The van der Waals surface area contributed by atoms with Gasteiger partial charge < -0.3 is 0 Å². The van der Waals surface area contributed by atoms with Gasteiger partial charge in [0.25, 0.3) is 0 Å². The number of rotatable bonds is 6. The molecule has 0 aromatic heterocycles. The van der Waals surface area contributed by atoms with E-state index in [9.17, 15) is 8.42 Å². The van der Waals surface area contributed by atoms with Crippen molar-refractivity contribution in [2.45, 2.75) is 11.8 Å². The first-order valence-corrected chi connectivity index (χ1v) is 11.3. The molecule has 0 spiro atoms. The standard InChI is InChI=1S/C26H23NO2S/c1-20-11-15-26(16-12-20)30(28,29)27-19-25(22-7-3-2-4-8-22)18-21-13-14-23-9-5-6-10-24(23)17-21/h2-18,27H,19H2,1H3/b25-18-. The molecule has 3 nitrogen and oxygen atoms in total. The topological polar surface area (TPSA) is 46.2 Å². The fraction of sp³-hybridized carbons (Fsp3) is 0.0769. The van der Waals surface area contributed by atoms with Crippen LogP contribution in [-0.4, -0.2) is 15.0 Å². The number of nitrogens with one attached hydrogen (secondary N) is 1. The molecule has 150 valence electrons. The minimum absolute atomic E-state index is 0.201. The Hall–Kier alpha value is -3.21. The predicted molar refractivity (Wildman–Crippen MR) is 125 cm³/mol. The van der Waals surface area contributed by atoms with Gasteiger partial charge in [-0.3, -0.25) is 0 Å². The monoisotopic (exact) mass is 413 g/mol. The highest BCUT2D eigenvalue weighted by Crippen LogP contribution is 2.22. The molecule has 0 radical (unpaired) electrons. The van der Waals surface area contributed by atoms with Crippen LogP contribution in [-0.2, 0) is 10.0 Å². The number of hydrogen-bond donors (Lipinski definition) is 1. The maximum Gasteiger partial charge on any atom is 0.240 e. The van der Waals surface area contributed by atoms with Gasteiger partial charge in [0.1, 0.15) is 0 Å². The number of hydrogen-bond acceptors (Lipinski definition) is 2. The average Bonchev–Trinajstić information content (AvgIpc) is 2.77. The third-order valence-electron chi connectivity index (χ3n) is 5.04. The van der Waals surface area contributed by atoms with Crippen molar-refractivity contribution in [3.05, 3.63) is 114 Å². The van der Waals surface area contributed by atoms with Crippen LogP contribution in [0, 0.1) is 6.92 Å². The Kier molecular flexibility index (Phi) is 5.79. The van der Waals surface area contributed by atoms with E-state index in [1.54, 1.807) is 24.3 Å². The molecular formula is C26H23NO2S. The van der Waals surface area contributed by atoms with E-state index in [-0.39, 0.29) is 11.4 Å². The molecule has 0 fully saturated rings. The molecule has 30 heavy (non-hydrogen) atoms. The van der Waals surface area contributed by atoms with Crippen LogP contribution in [0.25, 0.3) is 22.4 Å². The maximum absolute atomic E-state index is 12.8. The summed E-state index contributed by atoms with van der Waals surface area (Å²) in [5.74, 6) is 0. The quantitative estimate of drug-likeness (QED) is 0.414. The van der Waals surface area contributed by atoms with Gasteiger partial charge in [-0.2, -0.15) is 0 Å². The number of aryl methyl sites for hydroxylation is 1. The summed E-state index contributed by atoms with van der Waals surface area (Å²) in [5.41, 5.74) is 3.94. The lowest BCUT2D eigenvalue weighted by Crippen LogP contribution is -2.25. The Bertz CT molecular complexity index is 1290. The van der Waals surface area contributed by atoms with Gasteiger partial charge in [0.05, 0.1) is 4.90 Å². The normalized spacial score (nSPS) is 12.2. The smallest absolute Gasteiger partial charge is 0.207 e. The minimum atomic E-state index is -3.60. The SMILES string of the molecule is Cc1ccc(S(=O)(=O)NC/C(=C/c2ccc3ccccc3c2)c2ccccc2)cc1. The van der Waals surface area contributed by atoms with Gasteiger partial charge in [-0.05, 0) is 58.7 Å². The predicted octanol–water partition coefficient (Wildman–Crippen LogP) is 5.67. The molecule has 4 aromatic rings. The van der Waals surface area contributed by atoms with Crippen LogP contribution in [0.3, 0.4) is 0 Å². The van der Waals surface area contributed by atoms with Crippen LogP contribution >= 0.6 is 0 Å². The van der Waals surface area contributed by atoms with Crippen LogP contribution in [0.1, 0.15) is 16.7 Å².